The number of terminal acetylenes is 1. The maximum absolute atomic E-state index is 5.71. The topological polar surface area (TPSA) is 9.23 Å². The first-order valence-electron chi connectivity index (χ1n) is 4.78. The maximum Gasteiger partial charge on any atom is 0.144 e. The zero-order valence-corrected chi connectivity index (χ0v) is 10.1. The Morgan fingerprint density at radius 1 is 1.06 bits per heavy atom. The van der Waals surface area contributed by atoms with Crippen LogP contribution >= 0.6 is 15.9 Å². The standard InChI is InChI=1S/C14H9BrO/c1-2-11-8-9-12(15)10-14(11)16-13-6-4-3-5-7-13/h1,3-10H. The van der Waals surface area contributed by atoms with Crippen molar-refractivity contribution in [2.45, 2.75) is 0 Å². The molecule has 0 amide bonds. The van der Waals surface area contributed by atoms with Crippen LogP contribution in [0.25, 0.3) is 0 Å². The zero-order valence-electron chi connectivity index (χ0n) is 8.48. The maximum atomic E-state index is 5.71. The first-order valence-corrected chi connectivity index (χ1v) is 5.58. The van der Waals surface area contributed by atoms with E-state index in [1.165, 1.54) is 0 Å². The first kappa shape index (κ1) is 10.8. The molecule has 0 aromatic heterocycles. The Hall–Kier alpha value is -1.72. The Morgan fingerprint density at radius 2 is 1.81 bits per heavy atom. The van der Waals surface area contributed by atoms with Crippen molar-refractivity contribution in [3.8, 4) is 23.8 Å². The third-order valence-corrected chi connectivity index (χ3v) is 2.56. The minimum absolute atomic E-state index is 0.683. The molecule has 0 radical (unpaired) electrons. The summed E-state index contributed by atoms with van der Waals surface area (Å²) >= 11 is 3.39. The highest BCUT2D eigenvalue weighted by Gasteiger charge is 2.03. The smallest absolute Gasteiger partial charge is 0.144 e. The van der Waals surface area contributed by atoms with E-state index in [1.807, 2.05) is 48.5 Å². The highest BCUT2D eigenvalue weighted by molar-refractivity contribution is 9.10. The molecule has 16 heavy (non-hydrogen) atoms. The molecule has 2 aromatic carbocycles. The summed E-state index contributed by atoms with van der Waals surface area (Å²) in [4.78, 5) is 0. The molecule has 0 aliphatic heterocycles. The fraction of sp³-hybridized carbons (Fsp3) is 0. The Bertz CT molecular complexity index is 526. The number of benzene rings is 2. The van der Waals surface area contributed by atoms with Crippen molar-refractivity contribution in [2.75, 3.05) is 0 Å². The monoisotopic (exact) mass is 272 g/mol. The normalized spacial score (nSPS) is 9.50. The van der Waals surface area contributed by atoms with Gasteiger partial charge in [0.15, 0.2) is 0 Å². The third kappa shape index (κ3) is 2.44. The van der Waals surface area contributed by atoms with Gasteiger partial charge in [-0.05, 0) is 30.3 Å². The highest BCUT2D eigenvalue weighted by Crippen LogP contribution is 2.27. The van der Waals surface area contributed by atoms with Crippen molar-refractivity contribution in [3.05, 3.63) is 58.6 Å². The van der Waals surface area contributed by atoms with Crippen LogP contribution in [0.5, 0.6) is 11.5 Å². The lowest BCUT2D eigenvalue weighted by Crippen LogP contribution is -1.87. The van der Waals surface area contributed by atoms with Crippen LogP contribution in [0, 0.1) is 12.3 Å². The molecule has 0 bridgehead atoms. The largest absolute Gasteiger partial charge is 0.456 e. The van der Waals surface area contributed by atoms with Gasteiger partial charge in [0.05, 0.1) is 5.56 Å². The van der Waals surface area contributed by atoms with E-state index in [9.17, 15) is 0 Å². The van der Waals surface area contributed by atoms with E-state index in [0.717, 1.165) is 15.8 Å². The van der Waals surface area contributed by atoms with Crippen LogP contribution < -0.4 is 4.74 Å². The minimum Gasteiger partial charge on any atom is -0.456 e. The second-order valence-corrected chi connectivity index (χ2v) is 4.12. The van der Waals surface area contributed by atoms with Crippen LogP contribution in [-0.4, -0.2) is 0 Å². The number of rotatable bonds is 2. The van der Waals surface area contributed by atoms with E-state index in [0.29, 0.717) is 5.75 Å². The molecular weight excluding hydrogens is 264 g/mol. The summed E-state index contributed by atoms with van der Waals surface area (Å²) in [6, 6.07) is 15.2. The van der Waals surface area contributed by atoms with Gasteiger partial charge in [-0.3, -0.25) is 0 Å². The van der Waals surface area contributed by atoms with Gasteiger partial charge in [0.1, 0.15) is 11.5 Å². The Labute approximate surface area is 103 Å². The molecule has 2 aromatic rings. The van der Waals surface area contributed by atoms with Crippen molar-refractivity contribution < 1.29 is 4.74 Å². The van der Waals surface area contributed by atoms with Gasteiger partial charge in [-0.2, -0.15) is 0 Å². The van der Waals surface area contributed by atoms with E-state index >= 15 is 0 Å². The van der Waals surface area contributed by atoms with Gasteiger partial charge in [0, 0.05) is 4.47 Å². The summed E-state index contributed by atoms with van der Waals surface area (Å²) in [5.41, 5.74) is 0.743. The molecule has 0 saturated carbocycles. The summed E-state index contributed by atoms with van der Waals surface area (Å²) in [6.45, 7) is 0. The molecule has 0 atom stereocenters. The van der Waals surface area contributed by atoms with Gasteiger partial charge in [-0.25, -0.2) is 0 Å². The second kappa shape index (κ2) is 4.87. The average Bonchev–Trinajstić information content (AvgIpc) is 2.31. The number of para-hydroxylation sites is 1. The Balaban J connectivity index is 2.35. The van der Waals surface area contributed by atoms with Crippen molar-refractivity contribution in [2.24, 2.45) is 0 Å². The van der Waals surface area contributed by atoms with Crippen molar-refractivity contribution in [3.63, 3.8) is 0 Å². The fourth-order valence-electron chi connectivity index (χ4n) is 1.32. The lowest BCUT2D eigenvalue weighted by molar-refractivity contribution is 0.481. The minimum atomic E-state index is 0.683. The first-order chi connectivity index (χ1) is 7.79. The molecule has 2 heteroatoms. The van der Waals surface area contributed by atoms with E-state index in [-0.39, 0.29) is 0 Å². The van der Waals surface area contributed by atoms with E-state index in [1.54, 1.807) is 0 Å². The van der Waals surface area contributed by atoms with Crippen molar-refractivity contribution >= 4 is 15.9 Å². The molecule has 0 spiro atoms. The summed E-state index contributed by atoms with van der Waals surface area (Å²) in [5.74, 6) is 4.06. The van der Waals surface area contributed by atoms with Gasteiger partial charge < -0.3 is 4.74 Å². The summed E-state index contributed by atoms with van der Waals surface area (Å²) in [5, 5.41) is 0. The predicted molar refractivity (Wildman–Crippen MR) is 68.6 cm³/mol. The van der Waals surface area contributed by atoms with Gasteiger partial charge in [-0.1, -0.05) is 40.0 Å². The summed E-state index contributed by atoms with van der Waals surface area (Å²) in [6.07, 6.45) is 5.41. The van der Waals surface area contributed by atoms with Gasteiger partial charge >= 0.3 is 0 Å². The predicted octanol–water partition coefficient (Wildman–Crippen LogP) is 4.22. The molecule has 0 saturated heterocycles. The van der Waals surface area contributed by atoms with E-state index < -0.39 is 0 Å². The molecule has 1 nitrogen and oxygen atoms in total. The molecule has 2 rings (SSSR count). The quantitative estimate of drug-likeness (QED) is 0.744. The molecule has 0 fully saturated rings. The lowest BCUT2D eigenvalue weighted by Gasteiger charge is -2.07. The Morgan fingerprint density at radius 3 is 2.50 bits per heavy atom. The number of hydrogen-bond donors (Lipinski definition) is 0. The molecule has 0 unspecified atom stereocenters. The molecular formula is C14H9BrO. The van der Waals surface area contributed by atoms with Gasteiger partial charge in [0.25, 0.3) is 0 Å². The van der Waals surface area contributed by atoms with Crippen LogP contribution in [0.2, 0.25) is 0 Å². The number of ether oxygens (including phenoxy) is 1. The van der Waals surface area contributed by atoms with E-state index in [4.69, 9.17) is 11.2 Å². The number of hydrogen-bond acceptors (Lipinski definition) is 1. The van der Waals surface area contributed by atoms with Gasteiger partial charge in [-0.15, -0.1) is 6.42 Å². The molecule has 0 heterocycles. The molecule has 0 aliphatic rings. The number of halogens is 1. The molecule has 78 valence electrons. The lowest BCUT2D eigenvalue weighted by atomic mass is 10.2. The summed E-state index contributed by atoms with van der Waals surface area (Å²) in [7, 11) is 0. The molecule has 0 N–H and O–H groups in total. The van der Waals surface area contributed by atoms with Crippen molar-refractivity contribution in [1.82, 2.24) is 0 Å². The zero-order chi connectivity index (χ0) is 11.4. The van der Waals surface area contributed by atoms with E-state index in [2.05, 4.69) is 21.9 Å². The van der Waals surface area contributed by atoms with Crippen LogP contribution in [0.3, 0.4) is 0 Å². The fourth-order valence-corrected chi connectivity index (χ4v) is 1.66. The van der Waals surface area contributed by atoms with Crippen LogP contribution in [0.4, 0.5) is 0 Å². The van der Waals surface area contributed by atoms with Crippen LogP contribution in [0.15, 0.2) is 53.0 Å². The summed E-state index contributed by atoms with van der Waals surface area (Å²) < 4.78 is 6.65. The second-order valence-electron chi connectivity index (χ2n) is 3.20. The third-order valence-electron chi connectivity index (χ3n) is 2.07. The van der Waals surface area contributed by atoms with Crippen molar-refractivity contribution in [1.29, 1.82) is 0 Å². The van der Waals surface area contributed by atoms with Crippen LogP contribution in [0.1, 0.15) is 5.56 Å². The average molecular weight is 273 g/mol. The SMILES string of the molecule is C#Cc1ccc(Br)cc1Oc1ccccc1. The molecule has 0 aliphatic carbocycles. The van der Waals surface area contributed by atoms with Gasteiger partial charge in [0.2, 0.25) is 0 Å². The highest BCUT2D eigenvalue weighted by atomic mass is 79.9. The Kier molecular flexibility index (Phi) is 3.28. The van der Waals surface area contributed by atoms with Crippen LogP contribution in [-0.2, 0) is 0 Å².